The van der Waals surface area contributed by atoms with Crippen molar-refractivity contribution in [3.05, 3.63) is 35.4 Å². The number of hydrogen-bond acceptors (Lipinski definition) is 2. The molecule has 0 bridgehead atoms. The molecule has 2 aromatic rings. The van der Waals surface area contributed by atoms with Crippen LogP contribution in [0.25, 0.3) is 11.4 Å². The summed E-state index contributed by atoms with van der Waals surface area (Å²) in [6.45, 7) is 5.04. The van der Waals surface area contributed by atoms with Crippen molar-refractivity contribution in [2.24, 2.45) is 5.92 Å². The second kappa shape index (κ2) is 4.84. The van der Waals surface area contributed by atoms with Gasteiger partial charge in [0.1, 0.15) is 12.1 Å². The van der Waals surface area contributed by atoms with Crippen LogP contribution in [-0.2, 0) is 6.54 Å². The monoisotopic (exact) mass is 253 g/mol. The number of benzene rings is 1. The Kier molecular flexibility index (Phi) is 3.43. The lowest BCUT2D eigenvalue weighted by molar-refractivity contribution is 0.525. The summed E-state index contributed by atoms with van der Waals surface area (Å²) in [7, 11) is 0. The van der Waals surface area contributed by atoms with Crippen LogP contribution in [0.4, 0.5) is 4.39 Å². The average molecular weight is 254 g/mol. The highest BCUT2D eigenvalue weighted by Crippen LogP contribution is 2.23. The van der Waals surface area contributed by atoms with Gasteiger partial charge in [0, 0.05) is 12.1 Å². The summed E-state index contributed by atoms with van der Waals surface area (Å²) in [5.41, 5.74) is 0.773. The fourth-order valence-electron chi connectivity index (χ4n) is 1.64. The smallest absolute Gasteiger partial charge is 0.163 e. The third-order valence-electron chi connectivity index (χ3n) is 2.36. The standard InChI is InChI=1S/C12H13ClFN3/c1-8(2)6-17-7-15-16-12(17)9-3-4-11(14)10(13)5-9/h3-5,7-8H,6H2,1-2H3. The molecule has 0 radical (unpaired) electrons. The molecule has 1 aromatic heterocycles. The zero-order valence-electron chi connectivity index (χ0n) is 9.69. The molecule has 5 heteroatoms. The van der Waals surface area contributed by atoms with Gasteiger partial charge in [0.05, 0.1) is 5.02 Å². The maximum absolute atomic E-state index is 13.1. The number of hydrogen-bond donors (Lipinski definition) is 0. The zero-order chi connectivity index (χ0) is 12.4. The van der Waals surface area contributed by atoms with Crippen LogP contribution < -0.4 is 0 Å². The quantitative estimate of drug-likeness (QED) is 0.839. The Bertz CT molecular complexity index is 522. The average Bonchev–Trinajstić information content (AvgIpc) is 2.69. The van der Waals surface area contributed by atoms with Gasteiger partial charge in [0.15, 0.2) is 5.82 Å². The van der Waals surface area contributed by atoms with Gasteiger partial charge in [-0.1, -0.05) is 25.4 Å². The first-order valence-electron chi connectivity index (χ1n) is 5.41. The number of rotatable bonds is 3. The minimum atomic E-state index is -0.426. The Morgan fingerprint density at radius 2 is 2.18 bits per heavy atom. The molecule has 3 nitrogen and oxygen atoms in total. The minimum absolute atomic E-state index is 0.0987. The van der Waals surface area contributed by atoms with Crippen LogP contribution in [0.1, 0.15) is 13.8 Å². The predicted octanol–water partition coefficient (Wildman–Crippen LogP) is 3.39. The summed E-state index contributed by atoms with van der Waals surface area (Å²) >= 11 is 5.76. The van der Waals surface area contributed by atoms with Crippen molar-refractivity contribution in [3.8, 4) is 11.4 Å². The van der Waals surface area contributed by atoms with E-state index in [-0.39, 0.29) is 5.02 Å². The third kappa shape index (κ3) is 2.64. The number of aromatic nitrogens is 3. The molecular formula is C12H13ClFN3. The molecule has 17 heavy (non-hydrogen) atoms. The molecule has 2 rings (SSSR count). The van der Waals surface area contributed by atoms with Crippen LogP contribution in [0.5, 0.6) is 0 Å². The van der Waals surface area contributed by atoms with Crippen LogP contribution in [0.15, 0.2) is 24.5 Å². The van der Waals surface area contributed by atoms with E-state index in [9.17, 15) is 4.39 Å². The van der Waals surface area contributed by atoms with Gasteiger partial charge in [-0.15, -0.1) is 10.2 Å². The second-order valence-corrected chi connectivity index (χ2v) is 4.74. The van der Waals surface area contributed by atoms with Crippen molar-refractivity contribution >= 4 is 11.6 Å². The van der Waals surface area contributed by atoms with Gasteiger partial charge >= 0.3 is 0 Å². The lowest BCUT2D eigenvalue weighted by Crippen LogP contribution is -2.05. The Labute approximate surface area is 104 Å². The molecule has 0 fully saturated rings. The lowest BCUT2D eigenvalue weighted by atomic mass is 10.2. The van der Waals surface area contributed by atoms with Gasteiger partial charge in [-0.05, 0) is 24.1 Å². The number of halogens is 2. The minimum Gasteiger partial charge on any atom is -0.313 e. The SMILES string of the molecule is CC(C)Cn1cnnc1-c1ccc(F)c(Cl)c1. The van der Waals surface area contributed by atoms with Crippen molar-refractivity contribution in [2.75, 3.05) is 0 Å². The molecule has 0 aliphatic rings. The molecule has 1 heterocycles. The first kappa shape index (κ1) is 12.0. The van der Waals surface area contributed by atoms with Crippen LogP contribution in [-0.4, -0.2) is 14.8 Å². The summed E-state index contributed by atoms with van der Waals surface area (Å²) in [5.74, 6) is 0.770. The van der Waals surface area contributed by atoms with Crippen molar-refractivity contribution in [2.45, 2.75) is 20.4 Å². The van der Waals surface area contributed by atoms with E-state index in [4.69, 9.17) is 11.6 Å². The van der Waals surface area contributed by atoms with Crippen molar-refractivity contribution in [1.82, 2.24) is 14.8 Å². The Balaban J connectivity index is 2.39. The first-order valence-corrected chi connectivity index (χ1v) is 5.79. The predicted molar refractivity (Wildman–Crippen MR) is 65.3 cm³/mol. The van der Waals surface area contributed by atoms with Crippen molar-refractivity contribution in [3.63, 3.8) is 0 Å². The Hall–Kier alpha value is -1.42. The maximum Gasteiger partial charge on any atom is 0.163 e. The first-order chi connectivity index (χ1) is 8.08. The van der Waals surface area contributed by atoms with E-state index in [0.29, 0.717) is 11.7 Å². The van der Waals surface area contributed by atoms with E-state index in [2.05, 4.69) is 24.0 Å². The van der Waals surface area contributed by atoms with Crippen molar-refractivity contribution in [1.29, 1.82) is 0 Å². The fraction of sp³-hybridized carbons (Fsp3) is 0.333. The van der Waals surface area contributed by atoms with Gasteiger partial charge in [0.2, 0.25) is 0 Å². The molecule has 1 aromatic carbocycles. The molecule has 0 aliphatic carbocycles. The Morgan fingerprint density at radius 1 is 1.41 bits per heavy atom. The maximum atomic E-state index is 13.1. The van der Waals surface area contributed by atoms with Gasteiger partial charge in [0.25, 0.3) is 0 Å². The lowest BCUT2D eigenvalue weighted by Gasteiger charge is -2.09. The molecule has 0 saturated carbocycles. The van der Waals surface area contributed by atoms with E-state index < -0.39 is 5.82 Å². The number of nitrogens with zero attached hydrogens (tertiary/aromatic N) is 3. The van der Waals surface area contributed by atoms with Gasteiger partial charge in [-0.25, -0.2) is 4.39 Å². The van der Waals surface area contributed by atoms with E-state index in [1.807, 2.05) is 4.57 Å². The molecule has 0 aliphatic heterocycles. The molecule has 0 atom stereocenters. The summed E-state index contributed by atoms with van der Waals surface area (Å²) in [6, 6.07) is 4.56. The van der Waals surface area contributed by atoms with Gasteiger partial charge in [-0.3, -0.25) is 0 Å². The van der Waals surface area contributed by atoms with Crippen LogP contribution >= 0.6 is 11.6 Å². The third-order valence-corrected chi connectivity index (χ3v) is 2.64. The summed E-state index contributed by atoms with van der Waals surface area (Å²) < 4.78 is 15.0. The zero-order valence-corrected chi connectivity index (χ0v) is 10.4. The Morgan fingerprint density at radius 3 is 2.82 bits per heavy atom. The van der Waals surface area contributed by atoms with Crippen LogP contribution in [0.3, 0.4) is 0 Å². The molecule has 0 N–H and O–H groups in total. The second-order valence-electron chi connectivity index (χ2n) is 4.33. The normalized spacial score (nSPS) is 11.1. The van der Waals surface area contributed by atoms with Crippen LogP contribution in [0.2, 0.25) is 5.02 Å². The van der Waals surface area contributed by atoms with Crippen molar-refractivity contribution < 1.29 is 4.39 Å². The largest absolute Gasteiger partial charge is 0.313 e. The molecule has 90 valence electrons. The van der Waals surface area contributed by atoms with Gasteiger partial charge < -0.3 is 4.57 Å². The van der Waals surface area contributed by atoms with E-state index in [1.54, 1.807) is 18.5 Å². The highest BCUT2D eigenvalue weighted by atomic mass is 35.5. The fourth-order valence-corrected chi connectivity index (χ4v) is 1.82. The van der Waals surface area contributed by atoms with E-state index in [1.165, 1.54) is 6.07 Å². The molecule has 0 spiro atoms. The molecular weight excluding hydrogens is 241 g/mol. The van der Waals surface area contributed by atoms with E-state index in [0.717, 1.165) is 12.1 Å². The highest BCUT2D eigenvalue weighted by molar-refractivity contribution is 6.31. The summed E-state index contributed by atoms with van der Waals surface area (Å²) in [4.78, 5) is 0. The summed E-state index contributed by atoms with van der Waals surface area (Å²) in [5, 5.41) is 8.02. The highest BCUT2D eigenvalue weighted by Gasteiger charge is 2.10. The molecule has 0 saturated heterocycles. The molecule has 0 unspecified atom stereocenters. The topological polar surface area (TPSA) is 30.7 Å². The van der Waals surface area contributed by atoms with E-state index >= 15 is 0 Å². The van der Waals surface area contributed by atoms with Gasteiger partial charge in [-0.2, -0.15) is 0 Å². The van der Waals surface area contributed by atoms with Crippen LogP contribution in [0, 0.1) is 11.7 Å². The molecule has 0 amide bonds. The summed E-state index contributed by atoms with van der Waals surface area (Å²) in [6.07, 6.45) is 1.67.